The first kappa shape index (κ1) is 14.5. The molecule has 0 unspecified atom stereocenters. The molecule has 0 saturated heterocycles. The molecule has 1 N–H and O–H groups in total. The molecule has 0 radical (unpaired) electrons. The van der Waals surface area contributed by atoms with Crippen molar-refractivity contribution in [2.24, 2.45) is 0 Å². The zero-order valence-corrected chi connectivity index (χ0v) is 10.5. The monoisotopic (exact) mass is 251 g/mol. The number of aldehydes is 1. The van der Waals surface area contributed by atoms with Gasteiger partial charge in [-0.2, -0.15) is 0 Å². The van der Waals surface area contributed by atoms with Crippen molar-refractivity contribution < 1.29 is 14.3 Å². The van der Waals surface area contributed by atoms with Crippen molar-refractivity contribution in [2.45, 2.75) is 32.1 Å². The normalized spacial score (nSPS) is 14.9. The Balaban J connectivity index is 0.000000771. The molecule has 4 heteroatoms. The molecule has 0 amide bonds. The van der Waals surface area contributed by atoms with Crippen LogP contribution in [-0.2, 0) is 0 Å². The lowest BCUT2D eigenvalue weighted by Gasteiger charge is -2.06. The fraction of sp³-hybridized carbons (Fsp3) is 0.429. The zero-order chi connectivity index (χ0) is 13.4. The molecule has 1 aliphatic carbocycles. The first-order valence-electron chi connectivity index (χ1n) is 6.07. The molecular formula is C14H18FNO2. The number of carbonyl (C=O) groups excluding carboxylic acids is 1. The number of pyridine rings is 1. The SMILES string of the molecule is CO.O=Cc1ccc(F)c(C2=CCCCCC2)n1. The number of aliphatic hydroxyl groups is 1. The van der Waals surface area contributed by atoms with Gasteiger partial charge < -0.3 is 5.11 Å². The van der Waals surface area contributed by atoms with E-state index in [0.717, 1.165) is 38.4 Å². The van der Waals surface area contributed by atoms with Crippen molar-refractivity contribution in [3.63, 3.8) is 0 Å². The van der Waals surface area contributed by atoms with E-state index < -0.39 is 0 Å². The van der Waals surface area contributed by atoms with Gasteiger partial charge in [-0.25, -0.2) is 9.37 Å². The summed E-state index contributed by atoms with van der Waals surface area (Å²) in [5.74, 6) is -0.334. The standard InChI is InChI=1S/C13H14FNO.CH4O/c14-12-8-7-11(9-16)15-13(12)10-5-3-1-2-4-6-10;1-2/h5,7-9H,1-4,6H2;2H,1H3. The molecular weight excluding hydrogens is 233 g/mol. The maximum atomic E-state index is 13.6. The van der Waals surface area contributed by atoms with Crippen molar-refractivity contribution in [1.29, 1.82) is 0 Å². The van der Waals surface area contributed by atoms with E-state index in [0.29, 0.717) is 17.7 Å². The summed E-state index contributed by atoms with van der Waals surface area (Å²) in [5, 5.41) is 7.00. The third-order valence-corrected chi connectivity index (χ3v) is 2.83. The summed E-state index contributed by atoms with van der Waals surface area (Å²) in [6.45, 7) is 0. The number of allylic oxidation sites excluding steroid dienone is 2. The average molecular weight is 251 g/mol. The van der Waals surface area contributed by atoms with Gasteiger partial charge in [-0.3, -0.25) is 4.79 Å². The van der Waals surface area contributed by atoms with Crippen molar-refractivity contribution in [1.82, 2.24) is 4.98 Å². The van der Waals surface area contributed by atoms with Crippen molar-refractivity contribution in [3.8, 4) is 0 Å². The predicted octanol–water partition coefficient (Wildman–Crippen LogP) is 2.99. The summed E-state index contributed by atoms with van der Waals surface area (Å²) in [7, 11) is 1.00. The third-order valence-electron chi connectivity index (χ3n) is 2.83. The Morgan fingerprint density at radius 3 is 2.78 bits per heavy atom. The van der Waals surface area contributed by atoms with E-state index in [9.17, 15) is 9.18 Å². The van der Waals surface area contributed by atoms with Gasteiger partial charge in [-0.1, -0.05) is 12.5 Å². The van der Waals surface area contributed by atoms with E-state index in [1.807, 2.05) is 6.08 Å². The molecule has 18 heavy (non-hydrogen) atoms. The van der Waals surface area contributed by atoms with E-state index in [4.69, 9.17) is 5.11 Å². The lowest BCUT2D eigenvalue weighted by atomic mass is 10.1. The minimum Gasteiger partial charge on any atom is -0.400 e. The van der Waals surface area contributed by atoms with Crippen LogP contribution in [0.2, 0.25) is 0 Å². The highest BCUT2D eigenvalue weighted by Gasteiger charge is 2.12. The molecule has 1 heterocycles. The molecule has 2 rings (SSSR count). The Labute approximate surface area is 106 Å². The highest BCUT2D eigenvalue weighted by atomic mass is 19.1. The van der Waals surface area contributed by atoms with Crippen molar-refractivity contribution in [3.05, 3.63) is 35.4 Å². The second-order valence-corrected chi connectivity index (χ2v) is 4.01. The van der Waals surface area contributed by atoms with Gasteiger partial charge in [0.25, 0.3) is 0 Å². The highest BCUT2D eigenvalue weighted by molar-refractivity contribution is 5.73. The molecule has 0 fully saturated rings. The minimum atomic E-state index is -0.334. The number of aliphatic hydroxyl groups excluding tert-OH is 1. The third kappa shape index (κ3) is 3.74. The summed E-state index contributed by atoms with van der Waals surface area (Å²) < 4.78 is 13.6. The first-order chi connectivity index (χ1) is 8.81. The Kier molecular flexibility index (Phi) is 6.22. The van der Waals surface area contributed by atoms with Crippen LogP contribution >= 0.6 is 0 Å². The Morgan fingerprint density at radius 1 is 1.28 bits per heavy atom. The van der Waals surface area contributed by atoms with Crippen molar-refractivity contribution in [2.75, 3.05) is 7.11 Å². The van der Waals surface area contributed by atoms with Crippen LogP contribution in [0, 0.1) is 5.82 Å². The van der Waals surface area contributed by atoms with Gasteiger partial charge >= 0.3 is 0 Å². The predicted molar refractivity (Wildman–Crippen MR) is 68.8 cm³/mol. The summed E-state index contributed by atoms with van der Waals surface area (Å²) in [4.78, 5) is 14.7. The zero-order valence-electron chi connectivity index (χ0n) is 10.5. The number of nitrogens with zero attached hydrogens (tertiary/aromatic N) is 1. The summed E-state index contributed by atoms with van der Waals surface area (Å²) in [5.41, 5.74) is 1.59. The van der Waals surface area contributed by atoms with Crippen LogP contribution < -0.4 is 0 Å². The van der Waals surface area contributed by atoms with Crippen LogP contribution in [0.3, 0.4) is 0 Å². The molecule has 1 aromatic rings. The fourth-order valence-corrected chi connectivity index (χ4v) is 1.98. The number of aromatic nitrogens is 1. The molecule has 0 bridgehead atoms. The maximum Gasteiger partial charge on any atom is 0.168 e. The van der Waals surface area contributed by atoms with Gasteiger partial charge in [0.2, 0.25) is 0 Å². The number of carbonyl (C=O) groups is 1. The number of rotatable bonds is 2. The molecule has 0 aromatic carbocycles. The molecule has 0 saturated carbocycles. The summed E-state index contributed by atoms with van der Waals surface area (Å²) in [6, 6.07) is 2.72. The summed E-state index contributed by atoms with van der Waals surface area (Å²) in [6.07, 6.45) is 7.92. The molecule has 1 aromatic heterocycles. The Hall–Kier alpha value is -1.55. The molecule has 98 valence electrons. The van der Waals surface area contributed by atoms with Crippen LogP contribution in [0.1, 0.15) is 48.3 Å². The fourth-order valence-electron chi connectivity index (χ4n) is 1.98. The number of hydrogen-bond acceptors (Lipinski definition) is 3. The van der Waals surface area contributed by atoms with Crippen LogP contribution in [0.5, 0.6) is 0 Å². The number of hydrogen-bond donors (Lipinski definition) is 1. The van der Waals surface area contributed by atoms with E-state index in [2.05, 4.69) is 4.98 Å². The Bertz CT molecular complexity index is 430. The van der Waals surface area contributed by atoms with Crippen LogP contribution in [0.4, 0.5) is 4.39 Å². The smallest absolute Gasteiger partial charge is 0.168 e. The van der Waals surface area contributed by atoms with Gasteiger partial charge in [0, 0.05) is 7.11 Å². The quantitative estimate of drug-likeness (QED) is 0.822. The highest BCUT2D eigenvalue weighted by Crippen LogP contribution is 2.26. The van der Waals surface area contributed by atoms with E-state index in [1.165, 1.54) is 18.6 Å². The largest absolute Gasteiger partial charge is 0.400 e. The van der Waals surface area contributed by atoms with Gasteiger partial charge in [0.05, 0.1) is 0 Å². The second kappa shape index (κ2) is 7.71. The average Bonchev–Trinajstić information content (AvgIpc) is 2.70. The second-order valence-electron chi connectivity index (χ2n) is 4.01. The molecule has 0 spiro atoms. The van der Waals surface area contributed by atoms with Gasteiger partial charge in [-0.15, -0.1) is 0 Å². The minimum absolute atomic E-state index is 0.293. The van der Waals surface area contributed by atoms with E-state index in [-0.39, 0.29) is 5.82 Å². The molecule has 0 aliphatic heterocycles. The van der Waals surface area contributed by atoms with Gasteiger partial charge in [0.1, 0.15) is 17.2 Å². The topological polar surface area (TPSA) is 50.2 Å². The Morgan fingerprint density at radius 2 is 2.06 bits per heavy atom. The first-order valence-corrected chi connectivity index (χ1v) is 6.07. The van der Waals surface area contributed by atoms with Gasteiger partial charge in [0.15, 0.2) is 6.29 Å². The lowest BCUT2D eigenvalue weighted by molar-refractivity contribution is 0.111. The van der Waals surface area contributed by atoms with E-state index >= 15 is 0 Å². The van der Waals surface area contributed by atoms with Gasteiger partial charge in [-0.05, 0) is 43.4 Å². The molecule has 0 atom stereocenters. The lowest BCUT2D eigenvalue weighted by Crippen LogP contribution is -1.98. The molecule has 1 aliphatic rings. The van der Waals surface area contributed by atoms with Crippen molar-refractivity contribution >= 4 is 11.9 Å². The van der Waals surface area contributed by atoms with Crippen LogP contribution in [-0.4, -0.2) is 23.5 Å². The molecule has 3 nitrogen and oxygen atoms in total. The maximum absolute atomic E-state index is 13.6. The number of halogens is 1. The van der Waals surface area contributed by atoms with Crippen LogP contribution in [0.15, 0.2) is 18.2 Å². The van der Waals surface area contributed by atoms with E-state index in [1.54, 1.807) is 0 Å². The summed E-state index contributed by atoms with van der Waals surface area (Å²) >= 11 is 0. The van der Waals surface area contributed by atoms with Crippen LogP contribution in [0.25, 0.3) is 5.57 Å².